The van der Waals surface area contributed by atoms with Crippen LogP contribution in [0, 0.1) is 25.5 Å². The van der Waals surface area contributed by atoms with Crippen molar-refractivity contribution in [2.45, 2.75) is 13.8 Å². The van der Waals surface area contributed by atoms with Gasteiger partial charge in [0.15, 0.2) is 0 Å². The van der Waals surface area contributed by atoms with Crippen LogP contribution >= 0.6 is 0 Å². The molecular formula is C14H11F2NO. The second kappa shape index (κ2) is 4.64. The average molecular weight is 247 g/mol. The number of carbonyl (C=O) groups excluding carboxylic acids is 1. The first-order valence-electron chi connectivity index (χ1n) is 5.43. The standard InChI is InChI=1S/C14H11F2NO/c1-8-6-7-10(9(2)17-8)14(18)13-11(15)4-3-5-12(13)16/h3-7H,1-2H3. The highest BCUT2D eigenvalue weighted by atomic mass is 19.1. The van der Waals surface area contributed by atoms with E-state index in [0.29, 0.717) is 5.69 Å². The van der Waals surface area contributed by atoms with Gasteiger partial charge in [0.1, 0.15) is 11.6 Å². The number of ketones is 1. The molecule has 1 aromatic carbocycles. The van der Waals surface area contributed by atoms with Crippen LogP contribution in [-0.4, -0.2) is 10.8 Å². The molecule has 0 aliphatic rings. The fraction of sp³-hybridized carbons (Fsp3) is 0.143. The van der Waals surface area contributed by atoms with Gasteiger partial charge in [0.05, 0.1) is 5.56 Å². The van der Waals surface area contributed by atoms with Gasteiger partial charge in [-0.1, -0.05) is 6.07 Å². The largest absolute Gasteiger partial charge is 0.288 e. The molecular weight excluding hydrogens is 236 g/mol. The molecule has 0 saturated heterocycles. The summed E-state index contributed by atoms with van der Waals surface area (Å²) in [5.74, 6) is -2.41. The van der Waals surface area contributed by atoms with Crippen LogP contribution in [-0.2, 0) is 0 Å². The van der Waals surface area contributed by atoms with E-state index in [-0.39, 0.29) is 5.56 Å². The van der Waals surface area contributed by atoms with Crippen molar-refractivity contribution in [3.63, 3.8) is 0 Å². The van der Waals surface area contributed by atoms with E-state index in [1.807, 2.05) is 0 Å². The Morgan fingerprint density at radius 2 is 1.67 bits per heavy atom. The molecule has 0 atom stereocenters. The van der Waals surface area contributed by atoms with E-state index in [2.05, 4.69) is 4.98 Å². The fourth-order valence-electron chi connectivity index (χ4n) is 1.78. The van der Waals surface area contributed by atoms with Crippen LogP contribution in [0.2, 0.25) is 0 Å². The molecule has 92 valence electrons. The molecule has 0 aliphatic heterocycles. The van der Waals surface area contributed by atoms with Gasteiger partial charge in [0, 0.05) is 17.0 Å². The zero-order valence-corrected chi connectivity index (χ0v) is 10.00. The van der Waals surface area contributed by atoms with Crippen molar-refractivity contribution in [3.05, 3.63) is 64.5 Å². The predicted molar refractivity (Wildman–Crippen MR) is 63.5 cm³/mol. The maximum atomic E-state index is 13.5. The Kier molecular flexibility index (Phi) is 3.19. The fourth-order valence-corrected chi connectivity index (χ4v) is 1.78. The summed E-state index contributed by atoms with van der Waals surface area (Å²) < 4.78 is 27.0. The summed E-state index contributed by atoms with van der Waals surface area (Å²) in [4.78, 5) is 16.2. The third kappa shape index (κ3) is 2.14. The van der Waals surface area contributed by atoms with E-state index in [9.17, 15) is 13.6 Å². The number of nitrogens with zero attached hydrogens (tertiary/aromatic N) is 1. The van der Waals surface area contributed by atoms with Gasteiger partial charge in [-0.25, -0.2) is 8.78 Å². The number of hydrogen-bond acceptors (Lipinski definition) is 2. The maximum Gasteiger partial charge on any atom is 0.200 e. The molecule has 4 heteroatoms. The Morgan fingerprint density at radius 1 is 1.06 bits per heavy atom. The molecule has 0 fully saturated rings. The van der Waals surface area contributed by atoms with Crippen LogP contribution in [0.25, 0.3) is 0 Å². The molecule has 0 unspecified atom stereocenters. The third-order valence-electron chi connectivity index (χ3n) is 2.66. The number of halogens is 2. The summed E-state index contributed by atoms with van der Waals surface area (Å²) in [7, 11) is 0. The highest BCUT2D eigenvalue weighted by Gasteiger charge is 2.20. The van der Waals surface area contributed by atoms with Crippen LogP contribution in [0.4, 0.5) is 8.78 Å². The van der Waals surface area contributed by atoms with Crippen molar-refractivity contribution >= 4 is 5.78 Å². The summed E-state index contributed by atoms with van der Waals surface area (Å²) in [6.07, 6.45) is 0. The highest BCUT2D eigenvalue weighted by Crippen LogP contribution is 2.18. The lowest BCUT2D eigenvalue weighted by molar-refractivity contribution is 0.103. The van der Waals surface area contributed by atoms with Gasteiger partial charge in [0.25, 0.3) is 0 Å². The lowest BCUT2D eigenvalue weighted by Crippen LogP contribution is -2.10. The molecule has 0 N–H and O–H groups in total. The van der Waals surface area contributed by atoms with E-state index in [1.54, 1.807) is 19.9 Å². The second-order valence-electron chi connectivity index (χ2n) is 4.01. The van der Waals surface area contributed by atoms with Crippen LogP contribution in [0.3, 0.4) is 0 Å². The van der Waals surface area contributed by atoms with Gasteiger partial charge in [-0.3, -0.25) is 9.78 Å². The quantitative estimate of drug-likeness (QED) is 0.763. The Hall–Kier alpha value is -2.10. The molecule has 0 bridgehead atoms. The van der Waals surface area contributed by atoms with Crippen LogP contribution in [0.15, 0.2) is 30.3 Å². The van der Waals surface area contributed by atoms with Crippen molar-refractivity contribution in [3.8, 4) is 0 Å². The van der Waals surface area contributed by atoms with E-state index >= 15 is 0 Å². The SMILES string of the molecule is Cc1ccc(C(=O)c2c(F)cccc2F)c(C)n1. The number of rotatable bonds is 2. The van der Waals surface area contributed by atoms with Gasteiger partial charge >= 0.3 is 0 Å². The van der Waals surface area contributed by atoms with Crippen molar-refractivity contribution in [2.24, 2.45) is 0 Å². The van der Waals surface area contributed by atoms with Crippen LogP contribution in [0.5, 0.6) is 0 Å². The number of pyridine rings is 1. The summed E-state index contributed by atoms with van der Waals surface area (Å²) in [6, 6.07) is 6.52. The monoisotopic (exact) mass is 247 g/mol. The van der Waals surface area contributed by atoms with Gasteiger partial charge < -0.3 is 0 Å². The van der Waals surface area contributed by atoms with E-state index in [4.69, 9.17) is 0 Å². The number of aryl methyl sites for hydroxylation is 2. The lowest BCUT2D eigenvalue weighted by Gasteiger charge is -2.07. The average Bonchev–Trinajstić information content (AvgIpc) is 2.28. The minimum atomic E-state index is -0.861. The molecule has 0 amide bonds. The smallest absolute Gasteiger partial charge is 0.200 e. The van der Waals surface area contributed by atoms with Gasteiger partial charge in [-0.15, -0.1) is 0 Å². The number of hydrogen-bond donors (Lipinski definition) is 0. The highest BCUT2D eigenvalue weighted by molar-refractivity contribution is 6.09. The first kappa shape index (κ1) is 12.4. The van der Waals surface area contributed by atoms with Crippen LogP contribution in [0.1, 0.15) is 27.3 Å². The Labute approximate surface area is 103 Å². The van der Waals surface area contributed by atoms with Crippen molar-refractivity contribution in [1.29, 1.82) is 0 Å². The number of aromatic nitrogens is 1. The summed E-state index contributed by atoms with van der Waals surface area (Å²) >= 11 is 0. The Balaban J connectivity index is 2.55. The summed E-state index contributed by atoms with van der Waals surface area (Å²) in [5.41, 5.74) is 0.886. The normalized spacial score (nSPS) is 10.4. The second-order valence-corrected chi connectivity index (χ2v) is 4.01. The van der Waals surface area contributed by atoms with E-state index in [1.165, 1.54) is 12.1 Å². The number of benzene rings is 1. The molecule has 0 aliphatic carbocycles. The molecule has 2 rings (SSSR count). The zero-order chi connectivity index (χ0) is 13.3. The maximum absolute atomic E-state index is 13.5. The molecule has 1 aromatic heterocycles. The van der Waals surface area contributed by atoms with E-state index < -0.39 is 23.0 Å². The van der Waals surface area contributed by atoms with Gasteiger partial charge in [0.2, 0.25) is 5.78 Å². The summed E-state index contributed by atoms with van der Waals surface area (Å²) in [6.45, 7) is 3.42. The Morgan fingerprint density at radius 3 is 2.22 bits per heavy atom. The third-order valence-corrected chi connectivity index (χ3v) is 2.66. The molecule has 2 aromatic rings. The van der Waals surface area contributed by atoms with Crippen molar-refractivity contribution in [1.82, 2.24) is 4.98 Å². The van der Waals surface area contributed by atoms with Crippen molar-refractivity contribution in [2.75, 3.05) is 0 Å². The topological polar surface area (TPSA) is 30.0 Å². The summed E-state index contributed by atoms with van der Waals surface area (Å²) in [5, 5.41) is 0. The minimum Gasteiger partial charge on any atom is -0.288 e. The minimum absolute atomic E-state index is 0.213. The van der Waals surface area contributed by atoms with Gasteiger partial charge in [-0.2, -0.15) is 0 Å². The number of carbonyl (C=O) groups is 1. The van der Waals surface area contributed by atoms with Gasteiger partial charge in [-0.05, 0) is 38.1 Å². The molecule has 1 heterocycles. The lowest BCUT2D eigenvalue weighted by atomic mass is 10.0. The first-order chi connectivity index (χ1) is 8.50. The molecule has 0 spiro atoms. The first-order valence-corrected chi connectivity index (χ1v) is 5.43. The molecule has 0 saturated carbocycles. The molecule has 2 nitrogen and oxygen atoms in total. The van der Waals surface area contributed by atoms with Crippen molar-refractivity contribution < 1.29 is 13.6 Å². The molecule has 0 radical (unpaired) electrons. The van der Waals surface area contributed by atoms with Crippen LogP contribution < -0.4 is 0 Å². The molecule has 18 heavy (non-hydrogen) atoms. The predicted octanol–water partition coefficient (Wildman–Crippen LogP) is 3.21. The zero-order valence-electron chi connectivity index (χ0n) is 10.00. The Bertz CT molecular complexity index is 603. The van der Waals surface area contributed by atoms with E-state index in [0.717, 1.165) is 17.8 Å².